The Morgan fingerprint density at radius 3 is 2.54 bits per heavy atom. The Kier molecular flexibility index (Phi) is 7.46. The Balaban J connectivity index is 1.13. The van der Waals surface area contributed by atoms with Crippen molar-refractivity contribution < 1.29 is 24.0 Å². The van der Waals surface area contributed by atoms with Gasteiger partial charge in [-0.1, -0.05) is 35.1 Å². The van der Waals surface area contributed by atoms with Gasteiger partial charge in [0.1, 0.15) is 5.75 Å². The van der Waals surface area contributed by atoms with E-state index in [9.17, 15) is 29.3 Å². The number of nitrogens with zero attached hydrogens (tertiary/aromatic N) is 2. The van der Waals surface area contributed by atoms with Crippen LogP contribution < -0.4 is 19.8 Å². The fraction of sp³-hybridized carbons (Fsp3) is 0.294. The van der Waals surface area contributed by atoms with Crippen molar-refractivity contribution in [3.8, 4) is 5.75 Å². The van der Waals surface area contributed by atoms with Crippen LogP contribution in [0.25, 0.3) is 0 Å². The van der Waals surface area contributed by atoms with Gasteiger partial charge < -0.3 is 15.0 Å². The van der Waals surface area contributed by atoms with Crippen LogP contribution >= 0.6 is 34.7 Å². The maximum absolute atomic E-state index is 14.1. The number of carbonyl (C=O) groups is 3. The van der Waals surface area contributed by atoms with Crippen LogP contribution in [0.15, 0.2) is 76.6 Å². The van der Waals surface area contributed by atoms with Gasteiger partial charge in [-0.3, -0.25) is 34.2 Å². The number of non-ortho nitro benzene ring substituents is 1. The van der Waals surface area contributed by atoms with E-state index in [4.69, 9.17) is 16.3 Å². The van der Waals surface area contributed by atoms with Gasteiger partial charge in [0.05, 0.1) is 27.5 Å². The minimum absolute atomic E-state index is 0.0796. The number of aromatic nitrogens is 1. The number of nitro benzene ring substituents is 1. The van der Waals surface area contributed by atoms with Gasteiger partial charge in [0.25, 0.3) is 11.6 Å². The molecule has 3 aromatic carbocycles. The zero-order chi connectivity index (χ0) is 33.4. The Labute approximate surface area is 286 Å². The zero-order valence-corrected chi connectivity index (χ0v) is 27.6. The van der Waals surface area contributed by atoms with E-state index in [0.717, 1.165) is 26.8 Å². The molecule has 3 fully saturated rings. The van der Waals surface area contributed by atoms with Crippen LogP contribution in [0, 0.1) is 46.6 Å². The van der Waals surface area contributed by atoms with Crippen LogP contribution in [0.5, 0.6) is 5.75 Å². The summed E-state index contributed by atoms with van der Waals surface area (Å²) in [6.45, 7) is 1.67. The number of ether oxygens (including phenoxy) is 1. The minimum atomic E-state index is -0.567. The van der Waals surface area contributed by atoms with Crippen LogP contribution in [0.1, 0.15) is 28.3 Å². The molecule has 8 rings (SSSR count). The van der Waals surface area contributed by atoms with E-state index in [1.165, 1.54) is 29.2 Å². The number of nitro groups is 1. The number of halogens is 1. The van der Waals surface area contributed by atoms with Gasteiger partial charge in [-0.2, -0.15) is 0 Å². The lowest BCUT2D eigenvalue weighted by Crippen LogP contribution is -2.42. The average molecular weight is 703 g/mol. The number of H-pyrrole nitrogens is 1. The number of imide groups is 1. The third-order valence-electron chi connectivity index (χ3n) is 10.0. The molecular weight excluding hydrogens is 676 g/mol. The molecule has 11 nitrogen and oxygen atoms in total. The molecule has 1 saturated heterocycles. The molecule has 2 aliphatic heterocycles. The van der Waals surface area contributed by atoms with E-state index in [-0.39, 0.29) is 63.8 Å². The standard InChI is InChI=1S/C34H27ClN4O7S2/c1-15-3-2-4-17(11-15)36-24(40)14-46-23-10-5-16(35)12-20(23)25-26-21-13-22(29(26)47-31-30(25)48-34(43)37-31)28-27(21)32(41)38(33(28)42)18-6-8-19(9-7-18)39(44)45/h2-12,21-22,25-29H,13-14H2,1H3,(H,36,40)(H,37,43)/t21?,22?,25-,26?,27?,28?,29?/m1/s1. The molecule has 48 heavy (non-hydrogen) atoms. The zero-order valence-electron chi connectivity index (χ0n) is 25.3. The number of carbonyl (C=O) groups excluding carboxylic acids is 3. The second kappa shape index (κ2) is 11.6. The number of nitrogens with one attached hydrogen (secondary N) is 2. The van der Waals surface area contributed by atoms with E-state index in [0.29, 0.717) is 34.1 Å². The lowest BCUT2D eigenvalue weighted by molar-refractivity contribution is -0.384. The normalized spacial score (nSPS) is 26.6. The van der Waals surface area contributed by atoms with Crippen LogP contribution in [0.3, 0.4) is 0 Å². The third kappa shape index (κ3) is 4.94. The number of thioether (sulfide) groups is 1. The van der Waals surface area contributed by atoms with Gasteiger partial charge in [-0.15, -0.1) is 11.8 Å². The van der Waals surface area contributed by atoms with Crippen molar-refractivity contribution in [2.24, 2.45) is 29.6 Å². The van der Waals surface area contributed by atoms with Crippen molar-refractivity contribution in [2.75, 3.05) is 16.8 Å². The molecule has 3 heterocycles. The highest BCUT2D eigenvalue weighted by Gasteiger charge is 2.70. The van der Waals surface area contributed by atoms with Crippen molar-refractivity contribution in [3.05, 3.63) is 108 Å². The first kappa shape index (κ1) is 30.8. The minimum Gasteiger partial charge on any atom is -0.483 e. The van der Waals surface area contributed by atoms with E-state index in [1.54, 1.807) is 36.0 Å². The van der Waals surface area contributed by atoms with E-state index < -0.39 is 16.8 Å². The number of thiazole rings is 1. The number of benzene rings is 3. The number of anilines is 2. The molecule has 1 aromatic heterocycles. The topological polar surface area (TPSA) is 152 Å². The Hall–Kier alpha value is -4.46. The highest BCUT2D eigenvalue weighted by Crippen LogP contribution is 2.69. The summed E-state index contributed by atoms with van der Waals surface area (Å²) in [5.74, 6) is -2.40. The second-order valence-corrected chi connectivity index (χ2v) is 15.3. The molecule has 3 amide bonds. The number of rotatable bonds is 7. The summed E-state index contributed by atoms with van der Waals surface area (Å²) in [6.07, 6.45) is 0.675. The number of aryl methyl sites for hydroxylation is 1. The first-order valence-corrected chi connectivity index (χ1v) is 17.5. The predicted octanol–water partition coefficient (Wildman–Crippen LogP) is 6.00. The monoisotopic (exact) mass is 702 g/mol. The molecule has 14 heteroatoms. The first-order chi connectivity index (χ1) is 23.1. The van der Waals surface area contributed by atoms with Crippen molar-refractivity contribution in [3.63, 3.8) is 0 Å². The molecule has 7 atom stereocenters. The third-order valence-corrected chi connectivity index (χ3v) is 12.8. The van der Waals surface area contributed by atoms with E-state index in [1.807, 2.05) is 25.1 Å². The fourth-order valence-electron chi connectivity index (χ4n) is 8.30. The van der Waals surface area contributed by atoms with Gasteiger partial charge in [0.15, 0.2) is 6.61 Å². The molecule has 2 aliphatic carbocycles. The lowest BCUT2D eigenvalue weighted by atomic mass is 9.68. The molecule has 0 radical (unpaired) electrons. The van der Waals surface area contributed by atoms with Crippen molar-refractivity contribution >= 4 is 69.5 Å². The highest BCUT2D eigenvalue weighted by molar-refractivity contribution is 8.00. The predicted molar refractivity (Wildman–Crippen MR) is 181 cm³/mol. The van der Waals surface area contributed by atoms with Crippen LogP contribution in [0.4, 0.5) is 17.1 Å². The molecule has 244 valence electrons. The molecule has 4 aromatic rings. The number of aromatic amines is 1. The molecule has 2 saturated carbocycles. The summed E-state index contributed by atoms with van der Waals surface area (Å²) in [7, 11) is 0. The van der Waals surface area contributed by atoms with Crippen LogP contribution in [-0.4, -0.2) is 39.5 Å². The fourth-order valence-corrected chi connectivity index (χ4v) is 11.4. The van der Waals surface area contributed by atoms with Crippen LogP contribution in [-0.2, 0) is 14.4 Å². The number of hydrogen-bond donors (Lipinski definition) is 2. The Morgan fingerprint density at radius 2 is 1.81 bits per heavy atom. The molecule has 6 unspecified atom stereocenters. The van der Waals surface area contributed by atoms with Crippen molar-refractivity contribution in [2.45, 2.75) is 29.5 Å². The summed E-state index contributed by atoms with van der Waals surface area (Å²) in [6, 6.07) is 18.1. The number of hydrogen-bond acceptors (Lipinski definition) is 9. The smallest absolute Gasteiger partial charge is 0.305 e. The van der Waals surface area contributed by atoms with Gasteiger partial charge in [-0.25, -0.2) is 0 Å². The molecule has 2 bridgehead atoms. The SMILES string of the molecule is Cc1cccc(NC(=O)COc2ccc(Cl)cc2[C@H]2c3sc(=O)[nH]c3SC3C4CC(C5C(=O)N(c6ccc([N+](=O)[O-])cc6)C(=O)C45)C32)c1. The molecular formula is C34H27ClN4O7S2. The maximum atomic E-state index is 14.1. The van der Waals surface area contributed by atoms with E-state index >= 15 is 0 Å². The van der Waals surface area contributed by atoms with Gasteiger partial charge >= 0.3 is 4.87 Å². The summed E-state index contributed by atoms with van der Waals surface area (Å²) in [5.41, 5.74) is 2.56. The second-order valence-electron chi connectivity index (χ2n) is 12.6. The van der Waals surface area contributed by atoms with Crippen LogP contribution in [0.2, 0.25) is 5.02 Å². The Morgan fingerprint density at radius 1 is 1.06 bits per heavy atom. The summed E-state index contributed by atoms with van der Waals surface area (Å²) in [4.78, 5) is 69.1. The van der Waals surface area contributed by atoms with E-state index in [2.05, 4.69) is 10.3 Å². The summed E-state index contributed by atoms with van der Waals surface area (Å²) in [5, 5.41) is 15.2. The van der Waals surface area contributed by atoms with Gasteiger partial charge in [-0.05, 0) is 79.1 Å². The number of fused-ring (bicyclic) bond motifs is 9. The maximum Gasteiger partial charge on any atom is 0.305 e. The van der Waals surface area contributed by atoms with Crippen molar-refractivity contribution in [1.82, 2.24) is 4.98 Å². The van der Waals surface area contributed by atoms with Gasteiger partial charge in [0.2, 0.25) is 11.8 Å². The molecule has 2 N–H and O–H groups in total. The Bertz CT molecular complexity index is 2080. The summed E-state index contributed by atoms with van der Waals surface area (Å²) >= 11 is 9.24. The average Bonchev–Trinajstić information content (AvgIpc) is 3.79. The summed E-state index contributed by atoms with van der Waals surface area (Å²) < 4.78 is 6.15. The highest BCUT2D eigenvalue weighted by atomic mass is 35.5. The number of amides is 3. The van der Waals surface area contributed by atoms with Crippen molar-refractivity contribution in [1.29, 1.82) is 0 Å². The lowest BCUT2D eigenvalue weighted by Gasteiger charge is -2.43. The molecule has 4 aliphatic rings. The van der Waals surface area contributed by atoms with Gasteiger partial charge in [0, 0.05) is 44.5 Å². The quantitative estimate of drug-likeness (QED) is 0.135. The first-order valence-electron chi connectivity index (χ1n) is 15.4. The molecule has 0 spiro atoms. The largest absolute Gasteiger partial charge is 0.483 e.